The Kier molecular flexibility index (Phi) is 6.13. The molecule has 1 spiro atoms. The molecule has 0 unspecified atom stereocenters. The minimum atomic E-state index is -0.619. The Balaban J connectivity index is 1.50. The second-order valence-corrected chi connectivity index (χ2v) is 8.14. The van der Waals surface area contributed by atoms with Gasteiger partial charge in [-0.15, -0.1) is 0 Å². The summed E-state index contributed by atoms with van der Waals surface area (Å²) >= 11 is 0. The average molecular weight is 424 g/mol. The molecule has 7 heteroatoms. The highest BCUT2D eigenvalue weighted by Gasteiger charge is 2.54. The average Bonchev–Trinajstić information content (AvgIpc) is 3.07. The number of ether oxygens (including phenoxy) is 2. The van der Waals surface area contributed by atoms with E-state index in [0.29, 0.717) is 19.5 Å². The molecule has 4 rings (SSSR count). The van der Waals surface area contributed by atoms with Crippen LogP contribution >= 0.6 is 0 Å². The summed E-state index contributed by atoms with van der Waals surface area (Å²) in [5, 5.41) is 0. The van der Waals surface area contributed by atoms with Gasteiger partial charge in [-0.2, -0.15) is 0 Å². The number of para-hydroxylation sites is 1. The zero-order valence-corrected chi connectivity index (χ0v) is 18.1. The zero-order chi connectivity index (χ0) is 21.8. The molecule has 0 aromatic heterocycles. The number of nitrogens with zero attached hydrogens (tertiary/aromatic N) is 3. The highest BCUT2D eigenvalue weighted by molar-refractivity contribution is 5.95. The number of piperidine rings is 1. The van der Waals surface area contributed by atoms with Gasteiger partial charge in [0.05, 0.1) is 20.9 Å². The molecule has 31 heavy (non-hydrogen) atoms. The number of benzene rings is 2. The van der Waals surface area contributed by atoms with Gasteiger partial charge >= 0.3 is 5.97 Å². The van der Waals surface area contributed by atoms with Gasteiger partial charge in [-0.3, -0.25) is 14.5 Å². The first-order valence-corrected chi connectivity index (χ1v) is 10.6. The largest absolute Gasteiger partial charge is 0.497 e. The summed E-state index contributed by atoms with van der Waals surface area (Å²) in [7, 11) is 3.02. The van der Waals surface area contributed by atoms with Crippen molar-refractivity contribution in [2.24, 2.45) is 0 Å². The summed E-state index contributed by atoms with van der Waals surface area (Å²) in [6.45, 7) is 2.85. The number of anilines is 1. The molecule has 7 nitrogen and oxygen atoms in total. The van der Waals surface area contributed by atoms with Crippen LogP contribution in [-0.2, 0) is 20.9 Å². The topological polar surface area (TPSA) is 62.3 Å². The predicted molar refractivity (Wildman–Crippen MR) is 118 cm³/mol. The molecule has 0 atom stereocenters. The van der Waals surface area contributed by atoms with E-state index in [4.69, 9.17) is 9.47 Å². The second kappa shape index (κ2) is 8.98. The number of carbonyl (C=O) groups is 2. The van der Waals surface area contributed by atoms with Gasteiger partial charge < -0.3 is 19.3 Å². The number of amides is 1. The molecule has 0 N–H and O–H groups in total. The van der Waals surface area contributed by atoms with Gasteiger partial charge in [-0.25, -0.2) is 0 Å². The Bertz CT molecular complexity index is 908. The van der Waals surface area contributed by atoms with Gasteiger partial charge in [-0.05, 0) is 42.7 Å². The molecule has 1 amide bonds. The molecule has 0 saturated carbocycles. The van der Waals surface area contributed by atoms with Crippen LogP contribution in [0, 0.1) is 0 Å². The van der Waals surface area contributed by atoms with Crippen molar-refractivity contribution in [3.05, 3.63) is 60.2 Å². The quantitative estimate of drug-likeness (QED) is 0.666. The van der Waals surface area contributed by atoms with E-state index < -0.39 is 11.5 Å². The maximum absolute atomic E-state index is 13.5. The smallest absolute Gasteiger partial charge is 0.325 e. The number of carbonyl (C=O) groups excluding carboxylic acids is 2. The van der Waals surface area contributed by atoms with Crippen molar-refractivity contribution >= 4 is 17.6 Å². The molecule has 2 saturated heterocycles. The molecular formula is C24H29N3O4. The van der Waals surface area contributed by atoms with Crippen LogP contribution in [0.15, 0.2) is 54.6 Å². The Labute approximate surface area is 183 Å². The third-order valence-electron chi connectivity index (χ3n) is 6.38. The fraction of sp³-hybridized carbons (Fsp3) is 0.417. The van der Waals surface area contributed by atoms with E-state index in [2.05, 4.69) is 21.9 Å². The van der Waals surface area contributed by atoms with Gasteiger partial charge in [0.2, 0.25) is 0 Å². The number of methoxy groups -OCH3 is 2. The van der Waals surface area contributed by atoms with Crippen LogP contribution in [-0.4, -0.2) is 67.7 Å². The summed E-state index contributed by atoms with van der Waals surface area (Å²) in [5.74, 6) is 0.475. The fourth-order valence-electron chi connectivity index (χ4n) is 4.61. The molecule has 0 bridgehead atoms. The Hall–Kier alpha value is -3.06. The first-order chi connectivity index (χ1) is 15.1. The third kappa shape index (κ3) is 4.23. The first kappa shape index (κ1) is 21.2. The summed E-state index contributed by atoms with van der Waals surface area (Å²) in [4.78, 5) is 31.5. The van der Waals surface area contributed by atoms with Crippen LogP contribution < -0.4 is 9.64 Å². The van der Waals surface area contributed by atoms with Crippen LogP contribution in [0.25, 0.3) is 0 Å². The van der Waals surface area contributed by atoms with Gasteiger partial charge in [0, 0.05) is 25.3 Å². The molecule has 2 aromatic carbocycles. The van der Waals surface area contributed by atoms with Crippen LogP contribution in [0.2, 0.25) is 0 Å². The van der Waals surface area contributed by atoms with Gasteiger partial charge in [0.25, 0.3) is 5.91 Å². The number of hydrogen-bond donors (Lipinski definition) is 0. The molecule has 0 aliphatic carbocycles. The minimum absolute atomic E-state index is 0.0179. The predicted octanol–water partition coefficient (Wildman–Crippen LogP) is 2.51. The molecule has 0 radical (unpaired) electrons. The molecule has 2 fully saturated rings. The third-order valence-corrected chi connectivity index (χ3v) is 6.38. The highest BCUT2D eigenvalue weighted by Crippen LogP contribution is 2.39. The van der Waals surface area contributed by atoms with E-state index in [1.807, 2.05) is 42.5 Å². The van der Waals surface area contributed by atoms with Crippen molar-refractivity contribution in [3.8, 4) is 5.75 Å². The monoisotopic (exact) mass is 423 g/mol. The van der Waals surface area contributed by atoms with E-state index in [1.165, 1.54) is 12.7 Å². The lowest BCUT2D eigenvalue weighted by Gasteiger charge is -2.43. The first-order valence-electron chi connectivity index (χ1n) is 10.6. The van der Waals surface area contributed by atoms with Crippen molar-refractivity contribution in [2.45, 2.75) is 24.9 Å². The van der Waals surface area contributed by atoms with Crippen LogP contribution in [0.4, 0.5) is 5.69 Å². The summed E-state index contributed by atoms with van der Waals surface area (Å²) < 4.78 is 10.0. The standard InChI is InChI=1S/C24H29N3O4/c1-30-21-10-8-19(9-11-21)16-25-14-12-24(13-15-25)23(29)26(17-22(28)31-2)18-27(24)20-6-4-3-5-7-20/h3-11H,12-18H2,1-2H3. The van der Waals surface area contributed by atoms with Gasteiger partial charge in [0.15, 0.2) is 0 Å². The van der Waals surface area contributed by atoms with Crippen molar-refractivity contribution < 1.29 is 19.1 Å². The highest BCUT2D eigenvalue weighted by atomic mass is 16.5. The lowest BCUT2D eigenvalue weighted by atomic mass is 9.85. The van der Waals surface area contributed by atoms with Crippen molar-refractivity contribution in [2.75, 3.05) is 45.4 Å². The van der Waals surface area contributed by atoms with Crippen molar-refractivity contribution in [3.63, 3.8) is 0 Å². The van der Waals surface area contributed by atoms with Crippen molar-refractivity contribution in [1.29, 1.82) is 0 Å². The Morgan fingerprint density at radius 3 is 2.29 bits per heavy atom. The van der Waals surface area contributed by atoms with E-state index in [-0.39, 0.29) is 12.5 Å². The minimum Gasteiger partial charge on any atom is -0.497 e. The summed E-state index contributed by atoms with van der Waals surface area (Å²) in [6, 6.07) is 18.1. The van der Waals surface area contributed by atoms with Gasteiger partial charge in [0.1, 0.15) is 17.8 Å². The van der Waals surface area contributed by atoms with E-state index in [1.54, 1.807) is 12.0 Å². The SMILES string of the molecule is COC(=O)CN1CN(c2ccccc2)C2(CCN(Cc3ccc(OC)cc3)CC2)C1=O. The molecule has 2 aromatic rings. The number of rotatable bonds is 6. The molecular weight excluding hydrogens is 394 g/mol. The number of hydrogen-bond acceptors (Lipinski definition) is 6. The van der Waals surface area contributed by atoms with E-state index >= 15 is 0 Å². The zero-order valence-electron chi connectivity index (χ0n) is 18.1. The fourth-order valence-corrected chi connectivity index (χ4v) is 4.61. The lowest BCUT2D eigenvalue weighted by molar-refractivity contribution is -0.146. The van der Waals surface area contributed by atoms with Crippen LogP contribution in [0.1, 0.15) is 18.4 Å². The van der Waals surface area contributed by atoms with Crippen LogP contribution in [0.5, 0.6) is 5.75 Å². The second-order valence-electron chi connectivity index (χ2n) is 8.14. The van der Waals surface area contributed by atoms with Crippen LogP contribution in [0.3, 0.4) is 0 Å². The van der Waals surface area contributed by atoms with E-state index in [0.717, 1.165) is 31.1 Å². The number of esters is 1. The molecule has 2 heterocycles. The lowest BCUT2D eigenvalue weighted by Crippen LogP contribution is -2.56. The number of likely N-dealkylation sites (tertiary alicyclic amines) is 1. The maximum atomic E-state index is 13.5. The summed E-state index contributed by atoms with van der Waals surface area (Å²) in [5.41, 5.74) is 1.61. The molecule has 164 valence electrons. The molecule has 2 aliphatic heterocycles. The van der Waals surface area contributed by atoms with E-state index in [9.17, 15) is 9.59 Å². The molecule has 2 aliphatic rings. The normalized spacial score (nSPS) is 18.5. The Morgan fingerprint density at radius 2 is 1.68 bits per heavy atom. The van der Waals surface area contributed by atoms with Gasteiger partial charge in [-0.1, -0.05) is 30.3 Å². The van der Waals surface area contributed by atoms with Crippen molar-refractivity contribution in [1.82, 2.24) is 9.80 Å². The summed E-state index contributed by atoms with van der Waals surface area (Å²) in [6.07, 6.45) is 1.43. The Morgan fingerprint density at radius 1 is 1.00 bits per heavy atom. The maximum Gasteiger partial charge on any atom is 0.325 e.